The Bertz CT molecular complexity index is 290. The van der Waals surface area contributed by atoms with E-state index < -0.39 is 0 Å². The van der Waals surface area contributed by atoms with Gasteiger partial charge in [-0.05, 0) is 32.2 Å². The molecule has 0 aromatic rings. The standard InChI is InChI=1S/C14H26N2O/c1-3-12(2)5-4-6-16-8-13-7-15-9-14(13,10-16)11-17/h5,13,15,17H,3-4,6-11H2,1-2H3/b12-5+. The van der Waals surface area contributed by atoms with Gasteiger partial charge in [-0.3, -0.25) is 0 Å². The first-order valence-corrected chi connectivity index (χ1v) is 6.90. The van der Waals surface area contributed by atoms with Crippen molar-refractivity contribution in [2.75, 3.05) is 39.3 Å². The first-order chi connectivity index (χ1) is 8.20. The van der Waals surface area contributed by atoms with E-state index in [2.05, 4.69) is 30.1 Å². The predicted molar refractivity (Wildman–Crippen MR) is 71.0 cm³/mol. The number of nitrogens with zero attached hydrogens (tertiary/aromatic N) is 1. The Kier molecular flexibility index (Phi) is 4.23. The van der Waals surface area contributed by atoms with Gasteiger partial charge in [0, 0.05) is 31.6 Å². The molecule has 2 rings (SSSR count). The van der Waals surface area contributed by atoms with Gasteiger partial charge in [-0.1, -0.05) is 18.6 Å². The van der Waals surface area contributed by atoms with Crippen LogP contribution in [0.4, 0.5) is 0 Å². The maximum absolute atomic E-state index is 9.62. The number of hydrogen-bond acceptors (Lipinski definition) is 3. The summed E-state index contributed by atoms with van der Waals surface area (Å²) in [5.74, 6) is 0.656. The molecule has 0 bridgehead atoms. The maximum Gasteiger partial charge on any atom is 0.0515 e. The summed E-state index contributed by atoms with van der Waals surface area (Å²) in [7, 11) is 0. The number of aliphatic hydroxyl groups excluding tert-OH is 1. The van der Waals surface area contributed by atoms with Crippen molar-refractivity contribution in [1.82, 2.24) is 10.2 Å². The van der Waals surface area contributed by atoms with Crippen molar-refractivity contribution >= 4 is 0 Å². The minimum absolute atomic E-state index is 0.156. The van der Waals surface area contributed by atoms with Crippen LogP contribution in [0, 0.1) is 11.3 Å². The Labute approximate surface area is 105 Å². The fraction of sp³-hybridized carbons (Fsp3) is 0.857. The summed E-state index contributed by atoms with van der Waals surface area (Å²) < 4.78 is 0. The lowest BCUT2D eigenvalue weighted by Crippen LogP contribution is -2.36. The van der Waals surface area contributed by atoms with E-state index in [-0.39, 0.29) is 5.41 Å². The van der Waals surface area contributed by atoms with Gasteiger partial charge in [-0.25, -0.2) is 0 Å². The van der Waals surface area contributed by atoms with Gasteiger partial charge >= 0.3 is 0 Å². The highest BCUT2D eigenvalue weighted by Crippen LogP contribution is 2.38. The zero-order chi connectivity index (χ0) is 12.3. The summed E-state index contributed by atoms with van der Waals surface area (Å²) in [6.07, 6.45) is 4.67. The van der Waals surface area contributed by atoms with Crippen LogP contribution >= 0.6 is 0 Å². The highest BCUT2D eigenvalue weighted by Gasteiger charge is 2.48. The predicted octanol–water partition coefficient (Wildman–Crippen LogP) is 1.25. The Morgan fingerprint density at radius 1 is 1.59 bits per heavy atom. The quantitative estimate of drug-likeness (QED) is 0.708. The highest BCUT2D eigenvalue weighted by molar-refractivity contribution is 5.03. The SMILES string of the molecule is CC/C(C)=C/CCN1CC2CNCC2(CO)C1. The van der Waals surface area contributed by atoms with Crippen LogP contribution in [-0.2, 0) is 0 Å². The van der Waals surface area contributed by atoms with E-state index in [0.29, 0.717) is 12.5 Å². The second kappa shape index (κ2) is 5.51. The summed E-state index contributed by atoms with van der Waals surface area (Å²) in [4.78, 5) is 2.53. The molecule has 0 aromatic carbocycles. The molecule has 2 unspecified atom stereocenters. The molecule has 2 aliphatic rings. The van der Waals surface area contributed by atoms with Crippen molar-refractivity contribution in [2.24, 2.45) is 11.3 Å². The van der Waals surface area contributed by atoms with Crippen LogP contribution in [0.2, 0.25) is 0 Å². The van der Waals surface area contributed by atoms with E-state index in [1.807, 2.05) is 0 Å². The second-order valence-corrected chi connectivity index (χ2v) is 5.78. The molecule has 0 aliphatic carbocycles. The van der Waals surface area contributed by atoms with Gasteiger partial charge in [0.05, 0.1) is 6.61 Å². The van der Waals surface area contributed by atoms with Crippen molar-refractivity contribution in [3.8, 4) is 0 Å². The van der Waals surface area contributed by atoms with Gasteiger partial charge in [-0.15, -0.1) is 0 Å². The Morgan fingerprint density at radius 2 is 2.41 bits per heavy atom. The average Bonchev–Trinajstić information content (AvgIpc) is 2.85. The molecule has 0 amide bonds. The van der Waals surface area contributed by atoms with Crippen molar-refractivity contribution in [3.63, 3.8) is 0 Å². The molecule has 0 spiro atoms. The number of hydrogen-bond donors (Lipinski definition) is 2. The monoisotopic (exact) mass is 238 g/mol. The summed E-state index contributed by atoms with van der Waals surface area (Å²) in [6.45, 7) is 10.2. The first kappa shape index (κ1) is 13.1. The van der Waals surface area contributed by atoms with E-state index in [1.165, 1.54) is 5.57 Å². The second-order valence-electron chi connectivity index (χ2n) is 5.78. The van der Waals surface area contributed by atoms with Crippen molar-refractivity contribution < 1.29 is 5.11 Å². The molecule has 0 saturated carbocycles. The third-order valence-electron chi connectivity index (χ3n) is 4.56. The van der Waals surface area contributed by atoms with Crippen LogP contribution in [-0.4, -0.2) is 49.3 Å². The summed E-state index contributed by atoms with van der Waals surface area (Å²) in [5, 5.41) is 13.0. The van der Waals surface area contributed by atoms with Crippen molar-refractivity contribution in [3.05, 3.63) is 11.6 Å². The average molecular weight is 238 g/mol. The van der Waals surface area contributed by atoms with Crippen molar-refractivity contribution in [2.45, 2.75) is 26.7 Å². The van der Waals surface area contributed by atoms with Crippen molar-refractivity contribution in [1.29, 1.82) is 0 Å². The van der Waals surface area contributed by atoms with E-state index in [9.17, 15) is 5.11 Å². The molecule has 98 valence electrons. The molecule has 17 heavy (non-hydrogen) atoms. The van der Waals surface area contributed by atoms with E-state index in [4.69, 9.17) is 0 Å². The molecule has 3 heteroatoms. The lowest BCUT2D eigenvalue weighted by Gasteiger charge is -2.25. The molecule has 2 N–H and O–H groups in total. The largest absolute Gasteiger partial charge is 0.396 e. The molecule has 0 aromatic heterocycles. The molecule has 2 saturated heterocycles. The van der Waals surface area contributed by atoms with Gasteiger partial charge in [0.1, 0.15) is 0 Å². The van der Waals surface area contributed by atoms with Crippen LogP contribution < -0.4 is 5.32 Å². The summed E-state index contributed by atoms with van der Waals surface area (Å²) >= 11 is 0. The lowest BCUT2D eigenvalue weighted by molar-refractivity contribution is 0.125. The minimum atomic E-state index is 0.156. The van der Waals surface area contributed by atoms with Crippen LogP contribution in [0.3, 0.4) is 0 Å². The van der Waals surface area contributed by atoms with Crippen LogP contribution in [0.1, 0.15) is 26.7 Å². The van der Waals surface area contributed by atoms with Crippen LogP contribution in [0.5, 0.6) is 0 Å². The Morgan fingerprint density at radius 3 is 3.06 bits per heavy atom. The first-order valence-electron chi connectivity index (χ1n) is 6.90. The zero-order valence-corrected chi connectivity index (χ0v) is 11.2. The normalized spacial score (nSPS) is 34.3. The van der Waals surface area contributed by atoms with Gasteiger partial charge in [-0.2, -0.15) is 0 Å². The lowest BCUT2D eigenvalue weighted by atomic mass is 9.82. The summed E-state index contributed by atoms with van der Waals surface area (Å²) in [6, 6.07) is 0. The molecular weight excluding hydrogens is 212 g/mol. The number of aliphatic hydroxyl groups is 1. The molecule has 2 aliphatic heterocycles. The number of allylic oxidation sites excluding steroid dienone is 1. The number of fused-ring (bicyclic) bond motifs is 1. The van der Waals surface area contributed by atoms with Crippen LogP contribution in [0.25, 0.3) is 0 Å². The maximum atomic E-state index is 9.62. The fourth-order valence-electron chi connectivity index (χ4n) is 3.16. The van der Waals surface area contributed by atoms with E-state index in [0.717, 1.165) is 45.6 Å². The Hall–Kier alpha value is -0.380. The molecule has 2 fully saturated rings. The highest BCUT2D eigenvalue weighted by atomic mass is 16.3. The number of rotatable bonds is 5. The zero-order valence-electron chi connectivity index (χ0n) is 11.2. The van der Waals surface area contributed by atoms with Gasteiger partial charge < -0.3 is 15.3 Å². The van der Waals surface area contributed by atoms with Gasteiger partial charge in [0.25, 0.3) is 0 Å². The topological polar surface area (TPSA) is 35.5 Å². The molecule has 2 atom stereocenters. The smallest absolute Gasteiger partial charge is 0.0515 e. The van der Waals surface area contributed by atoms with Gasteiger partial charge in [0.15, 0.2) is 0 Å². The Balaban J connectivity index is 1.82. The number of likely N-dealkylation sites (tertiary alicyclic amines) is 1. The third-order valence-corrected chi connectivity index (χ3v) is 4.56. The third kappa shape index (κ3) is 2.72. The molecule has 0 radical (unpaired) electrons. The van der Waals surface area contributed by atoms with E-state index in [1.54, 1.807) is 0 Å². The summed E-state index contributed by atoms with van der Waals surface area (Å²) in [5.41, 5.74) is 1.65. The fourth-order valence-corrected chi connectivity index (χ4v) is 3.16. The van der Waals surface area contributed by atoms with E-state index >= 15 is 0 Å². The van der Waals surface area contributed by atoms with Crippen LogP contribution in [0.15, 0.2) is 11.6 Å². The number of nitrogens with one attached hydrogen (secondary N) is 1. The molecule has 3 nitrogen and oxygen atoms in total. The minimum Gasteiger partial charge on any atom is -0.396 e. The molecular formula is C14H26N2O. The van der Waals surface area contributed by atoms with Gasteiger partial charge in [0.2, 0.25) is 0 Å². The molecule has 2 heterocycles.